The Balaban J connectivity index is 1.81. The number of anilines is 2. The van der Waals surface area contributed by atoms with Crippen molar-refractivity contribution in [3.63, 3.8) is 0 Å². The smallest absolute Gasteiger partial charge is 0.352 e. The topological polar surface area (TPSA) is 89.9 Å². The number of nitrogens with zero attached hydrogens (tertiary/aromatic N) is 1. The average molecular weight is 360 g/mol. The molecule has 2 aromatic carbocycles. The quantitative estimate of drug-likeness (QED) is 0.711. The van der Waals surface area contributed by atoms with Gasteiger partial charge < -0.3 is 20.0 Å². The van der Waals surface area contributed by atoms with Gasteiger partial charge in [-0.15, -0.1) is 0 Å². The van der Waals surface area contributed by atoms with Crippen LogP contribution >= 0.6 is 7.60 Å². The standard InChI is InChI=1S/C18H21N2O4P/c1-13-4-6-14(7-5-13)18(25(22,23)24)19-15-8-10-16(11-9-15)20-12-2-3-17(20)21/h4-11,18-19H,2-3,12H2,1H3,(H2,22,23,24). The van der Waals surface area contributed by atoms with E-state index in [1.165, 1.54) is 0 Å². The SMILES string of the molecule is Cc1ccc(C(Nc2ccc(N3CCCC3=O)cc2)P(=O)(O)O)cc1. The van der Waals surface area contributed by atoms with Gasteiger partial charge in [-0.3, -0.25) is 9.36 Å². The molecule has 2 aromatic rings. The molecule has 0 saturated carbocycles. The molecule has 1 atom stereocenters. The van der Waals surface area contributed by atoms with Crippen molar-refractivity contribution in [2.75, 3.05) is 16.8 Å². The number of hydrogen-bond donors (Lipinski definition) is 3. The van der Waals surface area contributed by atoms with Crippen LogP contribution in [-0.4, -0.2) is 22.2 Å². The first-order chi connectivity index (χ1) is 11.8. The fourth-order valence-electron chi connectivity index (χ4n) is 2.93. The molecular weight excluding hydrogens is 339 g/mol. The second kappa shape index (κ2) is 7.00. The van der Waals surface area contributed by atoms with Crippen molar-refractivity contribution in [2.24, 2.45) is 0 Å². The van der Waals surface area contributed by atoms with E-state index in [4.69, 9.17) is 0 Å². The molecule has 0 radical (unpaired) electrons. The van der Waals surface area contributed by atoms with Crippen LogP contribution in [0.1, 0.15) is 29.8 Å². The van der Waals surface area contributed by atoms with Crippen molar-refractivity contribution in [3.8, 4) is 0 Å². The van der Waals surface area contributed by atoms with Crippen molar-refractivity contribution in [1.82, 2.24) is 0 Å². The molecule has 132 valence electrons. The maximum absolute atomic E-state index is 11.9. The fourth-order valence-corrected chi connectivity index (χ4v) is 3.80. The molecular formula is C18H21N2O4P. The predicted molar refractivity (Wildman–Crippen MR) is 97.6 cm³/mol. The van der Waals surface area contributed by atoms with E-state index in [2.05, 4.69) is 5.32 Å². The van der Waals surface area contributed by atoms with Gasteiger partial charge in [0.15, 0.2) is 5.78 Å². The van der Waals surface area contributed by atoms with Gasteiger partial charge in [0.2, 0.25) is 5.91 Å². The Bertz CT molecular complexity index is 799. The number of amides is 1. The van der Waals surface area contributed by atoms with Gasteiger partial charge in [-0.05, 0) is 43.2 Å². The molecule has 1 fully saturated rings. The van der Waals surface area contributed by atoms with Gasteiger partial charge in [0.05, 0.1) is 0 Å². The van der Waals surface area contributed by atoms with Gasteiger partial charge in [-0.2, -0.15) is 0 Å². The summed E-state index contributed by atoms with van der Waals surface area (Å²) in [6.45, 7) is 2.63. The molecule has 0 spiro atoms. The number of rotatable bonds is 5. The second-order valence-corrected chi connectivity index (χ2v) is 7.94. The van der Waals surface area contributed by atoms with Crippen molar-refractivity contribution in [1.29, 1.82) is 0 Å². The van der Waals surface area contributed by atoms with Gasteiger partial charge in [-0.25, -0.2) is 0 Å². The molecule has 1 amide bonds. The predicted octanol–water partition coefficient (Wildman–Crippen LogP) is 3.41. The number of carbonyl (C=O) groups excluding carboxylic acids is 1. The summed E-state index contributed by atoms with van der Waals surface area (Å²) in [6, 6.07) is 14.1. The number of carbonyl (C=O) groups is 1. The summed E-state index contributed by atoms with van der Waals surface area (Å²) >= 11 is 0. The normalized spacial score (nSPS) is 16.1. The summed E-state index contributed by atoms with van der Waals surface area (Å²) in [5, 5.41) is 2.92. The third-order valence-corrected chi connectivity index (χ3v) is 5.39. The Morgan fingerprint density at radius 2 is 1.72 bits per heavy atom. The first-order valence-corrected chi connectivity index (χ1v) is 9.81. The molecule has 3 N–H and O–H groups in total. The third kappa shape index (κ3) is 4.10. The summed E-state index contributed by atoms with van der Waals surface area (Å²) in [4.78, 5) is 33.0. The van der Waals surface area contributed by atoms with Gasteiger partial charge in [0.1, 0.15) is 0 Å². The van der Waals surface area contributed by atoms with Crippen LogP contribution in [0.25, 0.3) is 0 Å². The van der Waals surface area contributed by atoms with Crippen molar-refractivity contribution in [3.05, 3.63) is 59.7 Å². The summed E-state index contributed by atoms with van der Waals surface area (Å²) in [5.41, 5.74) is 2.94. The van der Waals surface area contributed by atoms with Crippen LogP contribution < -0.4 is 10.2 Å². The third-order valence-electron chi connectivity index (χ3n) is 4.29. The van der Waals surface area contributed by atoms with E-state index in [0.717, 1.165) is 17.7 Å². The van der Waals surface area contributed by atoms with Crippen LogP contribution in [0.15, 0.2) is 48.5 Å². The van der Waals surface area contributed by atoms with Gasteiger partial charge in [0.25, 0.3) is 0 Å². The first kappa shape index (κ1) is 17.7. The van der Waals surface area contributed by atoms with Gasteiger partial charge in [-0.1, -0.05) is 29.8 Å². The Morgan fingerprint density at radius 3 is 2.24 bits per heavy atom. The lowest BCUT2D eigenvalue weighted by atomic mass is 10.1. The highest BCUT2D eigenvalue weighted by Crippen LogP contribution is 2.51. The van der Waals surface area contributed by atoms with E-state index >= 15 is 0 Å². The highest BCUT2D eigenvalue weighted by molar-refractivity contribution is 7.52. The van der Waals surface area contributed by atoms with Crippen LogP contribution in [0.5, 0.6) is 0 Å². The molecule has 1 unspecified atom stereocenters. The zero-order valence-electron chi connectivity index (χ0n) is 13.9. The minimum atomic E-state index is -4.40. The highest BCUT2D eigenvalue weighted by atomic mass is 31.2. The highest BCUT2D eigenvalue weighted by Gasteiger charge is 2.30. The number of aryl methyl sites for hydroxylation is 1. The van der Waals surface area contributed by atoms with Crippen LogP contribution in [0.4, 0.5) is 11.4 Å². The van der Waals surface area contributed by atoms with Crippen LogP contribution in [0.3, 0.4) is 0 Å². The average Bonchev–Trinajstić information content (AvgIpc) is 2.99. The second-order valence-electron chi connectivity index (χ2n) is 6.24. The van der Waals surface area contributed by atoms with Crippen LogP contribution in [0, 0.1) is 6.92 Å². The number of nitrogens with one attached hydrogen (secondary N) is 1. The molecule has 6 nitrogen and oxygen atoms in total. The minimum Gasteiger partial charge on any atom is -0.368 e. The summed E-state index contributed by atoms with van der Waals surface area (Å²) < 4.78 is 11.9. The molecule has 0 aliphatic carbocycles. The maximum atomic E-state index is 11.9. The number of hydrogen-bond acceptors (Lipinski definition) is 3. The molecule has 1 aliphatic rings. The number of benzene rings is 2. The van der Waals surface area contributed by atoms with Gasteiger partial charge >= 0.3 is 7.60 Å². The van der Waals surface area contributed by atoms with Crippen molar-refractivity contribution < 1.29 is 19.1 Å². The molecule has 0 bridgehead atoms. The Kier molecular flexibility index (Phi) is 4.95. The molecule has 3 rings (SSSR count). The Morgan fingerprint density at radius 1 is 1.08 bits per heavy atom. The lowest BCUT2D eigenvalue weighted by molar-refractivity contribution is -0.117. The van der Waals surface area contributed by atoms with E-state index in [0.29, 0.717) is 24.2 Å². The lowest BCUT2D eigenvalue weighted by Gasteiger charge is -2.22. The van der Waals surface area contributed by atoms with Crippen LogP contribution in [-0.2, 0) is 9.36 Å². The monoisotopic (exact) mass is 360 g/mol. The maximum Gasteiger partial charge on any atom is 0.352 e. The molecule has 1 heterocycles. The lowest BCUT2D eigenvalue weighted by Crippen LogP contribution is -2.23. The molecule has 1 saturated heterocycles. The largest absolute Gasteiger partial charge is 0.368 e. The Hall–Kier alpha value is -2.14. The van der Waals surface area contributed by atoms with E-state index in [1.807, 2.05) is 19.1 Å². The van der Waals surface area contributed by atoms with E-state index in [-0.39, 0.29) is 5.91 Å². The first-order valence-electron chi connectivity index (χ1n) is 8.13. The van der Waals surface area contributed by atoms with E-state index in [1.54, 1.807) is 41.3 Å². The Labute approximate surface area is 146 Å². The summed E-state index contributed by atoms with van der Waals surface area (Å²) in [5.74, 6) is -1.01. The molecule has 1 aliphatic heterocycles. The van der Waals surface area contributed by atoms with E-state index in [9.17, 15) is 19.1 Å². The fraction of sp³-hybridized carbons (Fsp3) is 0.278. The zero-order valence-corrected chi connectivity index (χ0v) is 14.8. The minimum absolute atomic E-state index is 0.105. The summed E-state index contributed by atoms with van der Waals surface area (Å²) in [6.07, 6.45) is 1.42. The van der Waals surface area contributed by atoms with Gasteiger partial charge in [0, 0.05) is 24.3 Å². The van der Waals surface area contributed by atoms with E-state index < -0.39 is 13.4 Å². The zero-order chi connectivity index (χ0) is 18.0. The molecule has 25 heavy (non-hydrogen) atoms. The molecule has 7 heteroatoms. The van der Waals surface area contributed by atoms with Crippen molar-refractivity contribution in [2.45, 2.75) is 25.5 Å². The van der Waals surface area contributed by atoms with Crippen molar-refractivity contribution >= 4 is 24.9 Å². The molecule has 0 aromatic heterocycles. The van der Waals surface area contributed by atoms with Crippen LogP contribution in [0.2, 0.25) is 0 Å². The summed E-state index contributed by atoms with van der Waals surface area (Å²) in [7, 11) is -4.40.